The van der Waals surface area contributed by atoms with E-state index in [1.165, 1.54) is 24.4 Å². The number of halogens is 2. The summed E-state index contributed by atoms with van der Waals surface area (Å²) in [6, 6.07) is 9.68. The fourth-order valence-corrected chi connectivity index (χ4v) is 5.63. The number of aromatic nitrogens is 7. The standard InChI is InChI=1S/C29H37F2N9O4Si/c1-38-12-10-29(42,27(38)41)24-15-22(36-40(24)18-44-13-14-45(3,4)5)20-8-6-7-19(33-20)21-9-11-32-28(34-21)35-23-16-39(17-25(30)31)37-26(23)43-2/h6-9,11,15-16,25,42H,10,12-14,17-18H2,1-5H3,(H,32,34,35). The highest BCUT2D eigenvalue weighted by Crippen LogP contribution is 2.35. The van der Waals surface area contributed by atoms with Gasteiger partial charge in [0, 0.05) is 40.9 Å². The lowest BCUT2D eigenvalue weighted by atomic mass is 9.97. The van der Waals surface area contributed by atoms with E-state index in [9.17, 15) is 18.7 Å². The molecule has 0 saturated carbocycles. The Balaban J connectivity index is 1.42. The molecule has 1 aliphatic heterocycles. The number of hydrogen-bond donors (Lipinski definition) is 2. The number of likely N-dealkylation sites (tertiary alicyclic amines) is 1. The van der Waals surface area contributed by atoms with Gasteiger partial charge in [-0.25, -0.2) is 28.4 Å². The number of nitrogens with one attached hydrogen (secondary N) is 1. The molecular weight excluding hydrogens is 604 g/mol. The van der Waals surface area contributed by atoms with E-state index >= 15 is 0 Å². The maximum absolute atomic E-state index is 13.0. The third-order valence-electron chi connectivity index (χ3n) is 7.35. The number of anilines is 2. The van der Waals surface area contributed by atoms with Crippen LogP contribution in [0.5, 0.6) is 5.88 Å². The minimum absolute atomic E-state index is 0.0805. The number of aliphatic hydroxyl groups is 1. The molecule has 0 spiro atoms. The Bertz CT molecular complexity index is 1660. The second kappa shape index (κ2) is 13.0. The summed E-state index contributed by atoms with van der Waals surface area (Å²) in [5.74, 6) is -0.0895. The first-order chi connectivity index (χ1) is 21.4. The summed E-state index contributed by atoms with van der Waals surface area (Å²) in [7, 11) is 1.73. The van der Waals surface area contributed by atoms with E-state index in [1.54, 1.807) is 42.1 Å². The molecule has 5 rings (SSSR count). The molecule has 13 nitrogen and oxygen atoms in total. The van der Waals surface area contributed by atoms with Crippen molar-refractivity contribution in [2.24, 2.45) is 0 Å². The van der Waals surface area contributed by atoms with Gasteiger partial charge in [0.25, 0.3) is 18.2 Å². The molecule has 0 aromatic carbocycles. The minimum Gasteiger partial charge on any atom is -0.478 e. The van der Waals surface area contributed by atoms with E-state index in [2.05, 4.69) is 40.0 Å². The van der Waals surface area contributed by atoms with E-state index < -0.39 is 32.6 Å². The van der Waals surface area contributed by atoms with Crippen molar-refractivity contribution in [3.8, 4) is 28.7 Å². The van der Waals surface area contributed by atoms with Gasteiger partial charge in [-0.15, -0.1) is 5.10 Å². The van der Waals surface area contributed by atoms with Crippen LogP contribution in [0.2, 0.25) is 25.7 Å². The van der Waals surface area contributed by atoms with Crippen LogP contribution in [0, 0.1) is 0 Å². The van der Waals surface area contributed by atoms with Crippen molar-refractivity contribution in [3.05, 3.63) is 48.4 Å². The highest BCUT2D eigenvalue weighted by atomic mass is 28.3. The van der Waals surface area contributed by atoms with E-state index in [0.717, 1.165) is 10.7 Å². The van der Waals surface area contributed by atoms with Crippen LogP contribution in [-0.2, 0) is 28.4 Å². The number of carbonyl (C=O) groups is 1. The number of methoxy groups -OCH3 is 1. The Hall–Kier alpha value is -4.28. The molecule has 1 saturated heterocycles. The first kappa shape index (κ1) is 32.1. The lowest BCUT2D eigenvalue weighted by molar-refractivity contribution is -0.143. The number of rotatable bonds is 13. The number of amides is 1. The van der Waals surface area contributed by atoms with Gasteiger partial charge in [-0.1, -0.05) is 25.7 Å². The predicted molar refractivity (Wildman–Crippen MR) is 165 cm³/mol. The van der Waals surface area contributed by atoms with Crippen molar-refractivity contribution in [3.63, 3.8) is 0 Å². The van der Waals surface area contributed by atoms with Gasteiger partial charge in [-0.3, -0.25) is 9.48 Å². The first-order valence-corrected chi connectivity index (χ1v) is 18.2. The molecule has 0 radical (unpaired) electrons. The molecule has 4 aromatic heterocycles. The summed E-state index contributed by atoms with van der Waals surface area (Å²) < 4.78 is 39.5. The summed E-state index contributed by atoms with van der Waals surface area (Å²) >= 11 is 0. The van der Waals surface area contributed by atoms with Crippen LogP contribution in [-0.4, -0.2) is 92.2 Å². The zero-order valence-electron chi connectivity index (χ0n) is 25.9. The molecule has 1 unspecified atom stereocenters. The maximum Gasteiger partial charge on any atom is 0.260 e. The topological polar surface area (TPSA) is 145 Å². The van der Waals surface area contributed by atoms with Crippen LogP contribution in [0.15, 0.2) is 42.7 Å². The summed E-state index contributed by atoms with van der Waals surface area (Å²) in [5, 5.41) is 23.2. The average molecular weight is 642 g/mol. The monoisotopic (exact) mass is 641 g/mol. The summed E-state index contributed by atoms with van der Waals surface area (Å²) in [6.07, 6.45) is 0.590. The van der Waals surface area contributed by atoms with Crippen LogP contribution < -0.4 is 10.1 Å². The van der Waals surface area contributed by atoms with Crippen LogP contribution in [0.4, 0.5) is 20.4 Å². The molecule has 2 N–H and O–H groups in total. The van der Waals surface area contributed by atoms with Crippen LogP contribution in [0.25, 0.3) is 22.8 Å². The highest BCUT2D eigenvalue weighted by molar-refractivity contribution is 6.76. The number of likely N-dealkylation sites (N-methyl/N-ethyl adjacent to an activating group) is 1. The van der Waals surface area contributed by atoms with E-state index in [0.29, 0.717) is 47.3 Å². The summed E-state index contributed by atoms with van der Waals surface area (Å²) in [6.45, 7) is 7.26. The molecule has 16 heteroatoms. The van der Waals surface area contributed by atoms with Crippen molar-refractivity contribution in [2.45, 2.75) is 57.4 Å². The van der Waals surface area contributed by atoms with Gasteiger partial charge in [-0.2, -0.15) is 5.10 Å². The Morgan fingerprint density at radius 2 is 1.84 bits per heavy atom. The zero-order valence-corrected chi connectivity index (χ0v) is 26.9. The lowest BCUT2D eigenvalue weighted by Gasteiger charge is -2.22. The molecule has 1 atom stereocenters. The van der Waals surface area contributed by atoms with Crippen molar-refractivity contribution < 1.29 is 28.2 Å². The molecule has 45 heavy (non-hydrogen) atoms. The maximum atomic E-state index is 13.0. The van der Waals surface area contributed by atoms with Gasteiger partial charge >= 0.3 is 0 Å². The number of alkyl halides is 2. The molecular formula is C29H37F2N9O4Si. The number of hydrogen-bond acceptors (Lipinski definition) is 10. The van der Waals surface area contributed by atoms with Crippen molar-refractivity contribution in [1.82, 2.24) is 39.4 Å². The first-order valence-electron chi connectivity index (χ1n) is 14.5. The van der Waals surface area contributed by atoms with Crippen LogP contribution in [0.3, 0.4) is 0 Å². The summed E-state index contributed by atoms with van der Waals surface area (Å²) in [5.41, 5.74) is 0.899. The van der Waals surface area contributed by atoms with Crippen molar-refractivity contribution >= 4 is 25.6 Å². The largest absolute Gasteiger partial charge is 0.478 e. The smallest absolute Gasteiger partial charge is 0.260 e. The summed E-state index contributed by atoms with van der Waals surface area (Å²) in [4.78, 5) is 28.0. The molecule has 0 bridgehead atoms. The molecule has 240 valence electrons. The fraction of sp³-hybridized carbons (Fsp3) is 0.448. The molecule has 1 fully saturated rings. The normalized spacial score (nSPS) is 17.0. The quantitative estimate of drug-likeness (QED) is 0.162. The van der Waals surface area contributed by atoms with Crippen molar-refractivity contribution in [2.75, 3.05) is 32.6 Å². The average Bonchev–Trinajstić information content (AvgIpc) is 3.67. The minimum atomic E-state index is -2.58. The van der Waals surface area contributed by atoms with Gasteiger partial charge in [0.05, 0.1) is 36.1 Å². The number of ether oxygens (including phenoxy) is 2. The Morgan fingerprint density at radius 1 is 1.11 bits per heavy atom. The molecule has 1 amide bonds. The number of carbonyl (C=O) groups excluding carboxylic acids is 1. The Labute approximate surface area is 260 Å². The van der Waals surface area contributed by atoms with Crippen LogP contribution in [0.1, 0.15) is 12.1 Å². The van der Waals surface area contributed by atoms with E-state index in [-0.39, 0.29) is 25.0 Å². The number of nitrogens with zero attached hydrogens (tertiary/aromatic N) is 8. The van der Waals surface area contributed by atoms with Crippen LogP contribution >= 0.6 is 0 Å². The molecule has 1 aliphatic rings. The van der Waals surface area contributed by atoms with Gasteiger partial charge in [0.2, 0.25) is 5.95 Å². The van der Waals surface area contributed by atoms with Gasteiger partial charge < -0.3 is 24.8 Å². The zero-order chi connectivity index (χ0) is 32.4. The second-order valence-corrected chi connectivity index (χ2v) is 17.7. The molecule has 0 aliphatic carbocycles. The van der Waals surface area contributed by atoms with Gasteiger partial charge in [-0.05, 0) is 30.3 Å². The van der Waals surface area contributed by atoms with E-state index in [4.69, 9.17) is 19.6 Å². The van der Waals surface area contributed by atoms with Crippen molar-refractivity contribution in [1.29, 1.82) is 0 Å². The molecule has 5 heterocycles. The predicted octanol–water partition coefficient (Wildman–Crippen LogP) is 3.98. The van der Waals surface area contributed by atoms with E-state index in [1.807, 2.05) is 0 Å². The van der Waals surface area contributed by atoms with Gasteiger partial charge in [0.1, 0.15) is 24.7 Å². The number of pyridine rings is 1. The van der Waals surface area contributed by atoms with Gasteiger partial charge in [0.15, 0.2) is 5.60 Å². The third-order valence-corrected chi connectivity index (χ3v) is 9.05. The lowest BCUT2D eigenvalue weighted by Crippen LogP contribution is -2.38. The SMILES string of the molecule is COc1nn(CC(F)F)cc1Nc1nccc(-c2cccc(-c3cc(C4(O)CCN(C)C4=O)n(COCC[Si](C)(C)C)n3)n2)n1. The molecule has 4 aromatic rings. The Morgan fingerprint density at radius 3 is 2.51 bits per heavy atom. The second-order valence-electron chi connectivity index (χ2n) is 12.1. The third kappa shape index (κ3) is 7.34. The fourth-order valence-electron chi connectivity index (χ4n) is 4.87. The Kier molecular flexibility index (Phi) is 9.27. The highest BCUT2D eigenvalue weighted by Gasteiger charge is 2.48.